The molecule has 0 saturated heterocycles. The number of rotatable bonds is 7. The summed E-state index contributed by atoms with van der Waals surface area (Å²) in [5.74, 6) is 1.39. The molecule has 2 rings (SSSR count). The molecule has 0 fully saturated rings. The van der Waals surface area contributed by atoms with Crippen LogP contribution in [0.3, 0.4) is 0 Å². The monoisotopic (exact) mass is 296 g/mol. The van der Waals surface area contributed by atoms with Crippen LogP contribution < -0.4 is 0 Å². The molecule has 0 aliphatic heterocycles. The third kappa shape index (κ3) is 6.05. The average molecular weight is 296 g/mol. The lowest BCUT2D eigenvalue weighted by atomic mass is 9.88. The lowest BCUT2D eigenvalue weighted by molar-refractivity contribution is 0.529. The number of hydrogen-bond donors (Lipinski definition) is 0. The smallest absolute Gasteiger partial charge is 0.0165 e. The van der Waals surface area contributed by atoms with Gasteiger partial charge in [0.15, 0.2) is 0 Å². The fourth-order valence-electron chi connectivity index (χ4n) is 2.95. The van der Waals surface area contributed by atoms with Crippen molar-refractivity contribution in [2.75, 3.05) is 0 Å². The van der Waals surface area contributed by atoms with E-state index in [4.69, 9.17) is 0 Å². The first-order valence-corrected chi connectivity index (χ1v) is 8.91. The van der Waals surface area contributed by atoms with Crippen LogP contribution in [0.2, 0.25) is 0 Å². The summed E-state index contributed by atoms with van der Waals surface area (Å²) in [4.78, 5) is 0. The largest absolute Gasteiger partial charge is 0.0683 e. The van der Waals surface area contributed by atoms with E-state index in [1.807, 2.05) is 13.8 Å². The van der Waals surface area contributed by atoms with Crippen LogP contribution in [0.25, 0.3) is 0 Å². The van der Waals surface area contributed by atoms with Gasteiger partial charge in [0, 0.05) is 0 Å². The Morgan fingerprint density at radius 3 is 1.73 bits per heavy atom. The van der Waals surface area contributed by atoms with Crippen molar-refractivity contribution in [3.05, 3.63) is 71.8 Å². The zero-order valence-corrected chi connectivity index (χ0v) is 14.8. The minimum atomic E-state index is 0.671. The van der Waals surface area contributed by atoms with Crippen LogP contribution in [0.4, 0.5) is 0 Å². The number of benzene rings is 2. The first kappa shape index (κ1) is 18.5. The molecule has 0 heteroatoms. The minimum Gasteiger partial charge on any atom is -0.0683 e. The Morgan fingerprint density at radius 1 is 0.727 bits per heavy atom. The fraction of sp³-hybridized carbons (Fsp3) is 0.455. The summed E-state index contributed by atoms with van der Waals surface area (Å²) in [6.45, 7) is 8.65. The van der Waals surface area contributed by atoms with Gasteiger partial charge in [0.05, 0.1) is 0 Å². The third-order valence-electron chi connectivity index (χ3n) is 4.32. The molecular formula is C22H32. The van der Waals surface area contributed by atoms with Gasteiger partial charge in [-0.25, -0.2) is 0 Å². The Bertz CT molecular complexity index is 472. The van der Waals surface area contributed by atoms with Gasteiger partial charge in [-0.2, -0.15) is 0 Å². The van der Waals surface area contributed by atoms with Crippen LogP contribution in [0.15, 0.2) is 60.7 Å². The topological polar surface area (TPSA) is 0 Å². The molecule has 0 N–H and O–H groups in total. The van der Waals surface area contributed by atoms with E-state index in [-0.39, 0.29) is 0 Å². The van der Waals surface area contributed by atoms with E-state index in [2.05, 4.69) is 74.5 Å². The molecule has 0 amide bonds. The van der Waals surface area contributed by atoms with E-state index in [0.717, 1.165) is 5.92 Å². The highest BCUT2D eigenvalue weighted by molar-refractivity contribution is 5.20. The van der Waals surface area contributed by atoms with Gasteiger partial charge in [-0.3, -0.25) is 0 Å². The molecule has 2 unspecified atom stereocenters. The quantitative estimate of drug-likeness (QED) is 0.507. The molecule has 0 spiro atoms. The van der Waals surface area contributed by atoms with E-state index in [0.29, 0.717) is 5.92 Å². The molecule has 2 aromatic carbocycles. The van der Waals surface area contributed by atoms with E-state index >= 15 is 0 Å². The molecule has 120 valence electrons. The Balaban J connectivity index is 0.00000116. The van der Waals surface area contributed by atoms with Gasteiger partial charge >= 0.3 is 0 Å². The summed E-state index contributed by atoms with van der Waals surface area (Å²) in [6.07, 6.45) is 5.14. The van der Waals surface area contributed by atoms with Crippen LogP contribution in [0.5, 0.6) is 0 Å². The van der Waals surface area contributed by atoms with Crippen molar-refractivity contribution in [3.8, 4) is 0 Å². The second-order valence-corrected chi connectivity index (χ2v) is 5.76. The molecule has 22 heavy (non-hydrogen) atoms. The normalized spacial score (nSPS) is 12.9. The molecule has 0 aliphatic carbocycles. The maximum Gasteiger partial charge on any atom is -0.0165 e. The average Bonchev–Trinajstić information content (AvgIpc) is 2.62. The lowest BCUT2D eigenvalue weighted by Crippen LogP contribution is -1.99. The molecule has 0 nitrogen and oxygen atoms in total. The van der Waals surface area contributed by atoms with E-state index in [1.54, 1.807) is 0 Å². The Kier molecular flexibility index (Phi) is 9.30. The number of hydrogen-bond acceptors (Lipinski definition) is 0. The molecule has 0 heterocycles. The maximum atomic E-state index is 2.35. The predicted octanol–water partition coefficient (Wildman–Crippen LogP) is 7.18. The molecule has 0 radical (unpaired) electrons. The van der Waals surface area contributed by atoms with Crippen molar-refractivity contribution in [3.63, 3.8) is 0 Å². The summed E-state index contributed by atoms with van der Waals surface area (Å²) in [5, 5.41) is 0. The summed E-state index contributed by atoms with van der Waals surface area (Å²) >= 11 is 0. The van der Waals surface area contributed by atoms with Crippen LogP contribution in [-0.4, -0.2) is 0 Å². The summed E-state index contributed by atoms with van der Waals surface area (Å²) in [7, 11) is 0. The van der Waals surface area contributed by atoms with Crippen LogP contribution in [0, 0.1) is 0 Å². The standard InChI is InChI=1S/C20H26.C2H6/c1-3-18(20-14-8-5-9-15-20)16-10-11-17(2)19-12-6-4-7-13-19;1-2/h4-9,12-15,17-18H,3,10-11,16H2,1-2H3;1-2H3. The maximum absolute atomic E-state index is 2.35. The summed E-state index contributed by atoms with van der Waals surface area (Å²) in [5.41, 5.74) is 2.97. The third-order valence-corrected chi connectivity index (χ3v) is 4.32. The first-order chi connectivity index (χ1) is 10.8. The zero-order chi connectivity index (χ0) is 16.2. The molecule has 2 atom stereocenters. The van der Waals surface area contributed by atoms with Gasteiger partial charge in [-0.05, 0) is 42.2 Å². The van der Waals surface area contributed by atoms with Gasteiger partial charge in [-0.15, -0.1) is 0 Å². The van der Waals surface area contributed by atoms with E-state index < -0.39 is 0 Å². The van der Waals surface area contributed by atoms with Crippen molar-refractivity contribution >= 4 is 0 Å². The van der Waals surface area contributed by atoms with Crippen molar-refractivity contribution in [1.82, 2.24) is 0 Å². The highest BCUT2D eigenvalue weighted by Crippen LogP contribution is 2.28. The SMILES string of the molecule is CC.CCC(CCCC(C)c1ccccc1)c1ccccc1. The van der Waals surface area contributed by atoms with Crippen LogP contribution in [-0.2, 0) is 0 Å². The minimum absolute atomic E-state index is 0.671. The van der Waals surface area contributed by atoms with Gasteiger partial charge in [0.2, 0.25) is 0 Å². The molecule has 0 bridgehead atoms. The molecule has 0 saturated carbocycles. The summed E-state index contributed by atoms with van der Waals surface area (Å²) in [6, 6.07) is 21.8. The zero-order valence-electron chi connectivity index (χ0n) is 14.8. The lowest BCUT2D eigenvalue weighted by Gasteiger charge is -2.17. The Morgan fingerprint density at radius 2 is 1.23 bits per heavy atom. The van der Waals surface area contributed by atoms with Gasteiger partial charge in [0.1, 0.15) is 0 Å². The van der Waals surface area contributed by atoms with Crippen molar-refractivity contribution in [2.24, 2.45) is 0 Å². The highest BCUT2D eigenvalue weighted by atomic mass is 14.2. The fourth-order valence-corrected chi connectivity index (χ4v) is 2.95. The van der Waals surface area contributed by atoms with Crippen LogP contribution >= 0.6 is 0 Å². The van der Waals surface area contributed by atoms with Gasteiger partial charge in [-0.1, -0.05) is 94.8 Å². The molecular weight excluding hydrogens is 264 g/mol. The predicted molar refractivity (Wildman–Crippen MR) is 99.5 cm³/mol. The second kappa shape index (κ2) is 11.1. The van der Waals surface area contributed by atoms with Crippen LogP contribution in [0.1, 0.15) is 76.3 Å². The van der Waals surface area contributed by atoms with Crippen molar-refractivity contribution in [2.45, 2.75) is 65.2 Å². The highest BCUT2D eigenvalue weighted by Gasteiger charge is 2.10. The Labute approximate surface area is 137 Å². The van der Waals surface area contributed by atoms with Crippen molar-refractivity contribution in [1.29, 1.82) is 0 Å². The van der Waals surface area contributed by atoms with E-state index in [9.17, 15) is 0 Å². The van der Waals surface area contributed by atoms with Gasteiger partial charge < -0.3 is 0 Å². The van der Waals surface area contributed by atoms with Gasteiger partial charge in [0.25, 0.3) is 0 Å². The Hall–Kier alpha value is -1.56. The molecule has 0 aliphatic rings. The van der Waals surface area contributed by atoms with E-state index in [1.165, 1.54) is 36.8 Å². The molecule has 0 aromatic heterocycles. The molecule has 2 aromatic rings. The summed E-state index contributed by atoms with van der Waals surface area (Å²) < 4.78 is 0. The second-order valence-electron chi connectivity index (χ2n) is 5.76. The van der Waals surface area contributed by atoms with Crippen molar-refractivity contribution < 1.29 is 0 Å². The first-order valence-electron chi connectivity index (χ1n) is 8.91.